The van der Waals surface area contributed by atoms with E-state index in [1.54, 1.807) is 17.8 Å². The molecule has 0 saturated heterocycles. The molecule has 0 unspecified atom stereocenters. The molecule has 4 heteroatoms. The first-order chi connectivity index (χ1) is 6.24. The van der Waals surface area contributed by atoms with Gasteiger partial charge in [0, 0.05) is 11.5 Å². The molecule has 0 amide bonds. The van der Waals surface area contributed by atoms with Crippen molar-refractivity contribution in [2.75, 3.05) is 18.3 Å². The van der Waals surface area contributed by atoms with Crippen LogP contribution in [0.15, 0.2) is 23.1 Å². The van der Waals surface area contributed by atoms with Crippen molar-refractivity contribution in [1.82, 2.24) is 0 Å². The molecular weight excluding hydrogens is 206 g/mol. The molecule has 0 aliphatic heterocycles. The number of rotatable bonds is 4. The van der Waals surface area contributed by atoms with Crippen LogP contribution >= 0.6 is 23.4 Å². The van der Waals surface area contributed by atoms with Gasteiger partial charge in [-0.25, -0.2) is 0 Å². The first-order valence-electron chi connectivity index (χ1n) is 3.99. The Kier molecular flexibility index (Phi) is 4.42. The van der Waals surface area contributed by atoms with E-state index in [0.29, 0.717) is 16.6 Å². The van der Waals surface area contributed by atoms with Gasteiger partial charge in [0.2, 0.25) is 0 Å². The molecule has 0 aliphatic carbocycles. The molecule has 13 heavy (non-hydrogen) atoms. The quantitative estimate of drug-likeness (QED) is 0.365. The summed E-state index contributed by atoms with van der Waals surface area (Å²) >= 11 is 7.45. The molecule has 2 N–H and O–H groups in total. The van der Waals surface area contributed by atoms with E-state index >= 15 is 0 Å². The van der Waals surface area contributed by atoms with E-state index in [0.717, 1.165) is 11.5 Å². The number of ether oxygens (including phenoxy) is 1. The van der Waals surface area contributed by atoms with Crippen LogP contribution < -0.4 is 5.73 Å². The molecule has 72 valence electrons. The second-order valence-electron chi connectivity index (χ2n) is 2.44. The lowest BCUT2D eigenvalue weighted by atomic mass is 10.3. The molecular formula is C9H12ClNOS. The van der Waals surface area contributed by atoms with Crippen molar-refractivity contribution < 1.29 is 4.74 Å². The van der Waals surface area contributed by atoms with Crippen molar-refractivity contribution in [1.29, 1.82) is 0 Å². The zero-order chi connectivity index (χ0) is 9.68. The second-order valence-corrected chi connectivity index (χ2v) is 3.84. The minimum atomic E-state index is 0.599. The number of anilines is 1. The number of hydrogen-bond donors (Lipinski definition) is 1. The monoisotopic (exact) mass is 217 g/mol. The predicted molar refractivity (Wildman–Crippen MR) is 58.2 cm³/mol. The minimum absolute atomic E-state index is 0.599. The molecule has 0 aromatic heterocycles. The zero-order valence-electron chi connectivity index (χ0n) is 7.42. The minimum Gasteiger partial charge on any atom is -0.398 e. The maximum absolute atomic E-state index is 5.85. The Balaban J connectivity index is 2.53. The molecule has 2 nitrogen and oxygen atoms in total. The SMILES string of the molecule is CCOCSc1ccc(N)c(Cl)c1. The van der Waals surface area contributed by atoms with E-state index in [2.05, 4.69) is 0 Å². The lowest BCUT2D eigenvalue weighted by Crippen LogP contribution is -1.89. The van der Waals surface area contributed by atoms with Crippen LogP contribution in [0.4, 0.5) is 5.69 Å². The molecule has 1 aromatic rings. The summed E-state index contributed by atoms with van der Waals surface area (Å²) in [4.78, 5) is 1.08. The number of halogens is 1. The lowest BCUT2D eigenvalue weighted by Gasteiger charge is -2.03. The maximum atomic E-state index is 5.85. The van der Waals surface area contributed by atoms with Gasteiger partial charge in [-0.1, -0.05) is 23.4 Å². The van der Waals surface area contributed by atoms with Gasteiger partial charge in [0.15, 0.2) is 0 Å². The summed E-state index contributed by atoms with van der Waals surface area (Å²) in [5.41, 5.74) is 6.18. The van der Waals surface area contributed by atoms with Gasteiger partial charge < -0.3 is 10.5 Å². The molecule has 0 heterocycles. The highest BCUT2D eigenvalue weighted by molar-refractivity contribution is 7.99. The molecule has 0 saturated carbocycles. The third-order valence-electron chi connectivity index (χ3n) is 1.48. The molecule has 1 rings (SSSR count). The van der Waals surface area contributed by atoms with Crippen molar-refractivity contribution in [3.63, 3.8) is 0 Å². The topological polar surface area (TPSA) is 35.2 Å². The third kappa shape index (κ3) is 3.46. The Morgan fingerprint density at radius 2 is 2.31 bits per heavy atom. The van der Waals surface area contributed by atoms with Crippen molar-refractivity contribution in [3.8, 4) is 0 Å². The van der Waals surface area contributed by atoms with Crippen LogP contribution in [0.2, 0.25) is 5.02 Å². The Hall–Kier alpha value is -0.380. The third-order valence-corrected chi connectivity index (χ3v) is 2.68. The van der Waals surface area contributed by atoms with Gasteiger partial charge in [-0.3, -0.25) is 0 Å². The Labute approximate surface area is 87.4 Å². The summed E-state index contributed by atoms with van der Waals surface area (Å²) in [6, 6.07) is 5.59. The average molecular weight is 218 g/mol. The summed E-state index contributed by atoms with van der Waals surface area (Å²) in [7, 11) is 0. The van der Waals surface area contributed by atoms with Crippen LogP contribution in [0, 0.1) is 0 Å². The van der Waals surface area contributed by atoms with E-state index in [1.807, 2.05) is 19.1 Å². The highest BCUT2D eigenvalue weighted by Gasteiger charge is 1.98. The number of nitrogen functional groups attached to an aromatic ring is 1. The largest absolute Gasteiger partial charge is 0.398 e. The van der Waals surface area contributed by atoms with Gasteiger partial charge in [0.1, 0.15) is 0 Å². The van der Waals surface area contributed by atoms with E-state index in [1.165, 1.54) is 0 Å². The summed E-state index contributed by atoms with van der Waals surface area (Å²) in [5.74, 6) is 0.650. The number of hydrogen-bond acceptors (Lipinski definition) is 3. The summed E-state index contributed by atoms with van der Waals surface area (Å²) in [5, 5.41) is 0.599. The standard InChI is InChI=1S/C9H12ClNOS/c1-2-12-6-13-7-3-4-9(11)8(10)5-7/h3-5H,2,6,11H2,1H3. The number of benzene rings is 1. The fraction of sp³-hybridized carbons (Fsp3) is 0.333. The van der Waals surface area contributed by atoms with Crippen molar-refractivity contribution in [2.24, 2.45) is 0 Å². The zero-order valence-corrected chi connectivity index (χ0v) is 8.99. The van der Waals surface area contributed by atoms with Gasteiger partial charge in [-0.2, -0.15) is 0 Å². The predicted octanol–water partition coefficient (Wildman–Crippen LogP) is 3.01. The highest BCUT2D eigenvalue weighted by atomic mass is 35.5. The van der Waals surface area contributed by atoms with Crippen LogP contribution in [0.25, 0.3) is 0 Å². The van der Waals surface area contributed by atoms with Gasteiger partial charge in [-0.15, -0.1) is 0 Å². The number of nitrogens with two attached hydrogens (primary N) is 1. The van der Waals surface area contributed by atoms with Crippen LogP contribution in [0.1, 0.15) is 6.92 Å². The summed E-state index contributed by atoms with van der Waals surface area (Å²) in [6.45, 7) is 2.70. The van der Waals surface area contributed by atoms with Crippen LogP contribution in [-0.4, -0.2) is 12.5 Å². The average Bonchev–Trinajstić information content (AvgIpc) is 2.12. The van der Waals surface area contributed by atoms with Gasteiger partial charge >= 0.3 is 0 Å². The molecule has 0 bridgehead atoms. The normalized spacial score (nSPS) is 10.3. The summed E-state index contributed by atoms with van der Waals surface area (Å²) in [6.07, 6.45) is 0. The fourth-order valence-corrected chi connectivity index (χ4v) is 1.79. The molecule has 1 aromatic carbocycles. The van der Waals surface area contributed by atoms with E-state index in [9.17, 15) is 0 Å². The molecule has 0 atom stereocenters. The Bertz CT molecular complexity index is 280. The molecule has 0 fully saturated rings. The molecule has 0 aliphatic rings. The van der Waals surface area contributed by atoms with Crippen molar-refractivity contribution in [2.45, 2.75) is 11.8 Å². The maximum Gasteiger partial charge on any atom is 0.0966 e. The molecule has 0 radical (unpaired) electrons. The first kappa shape index (κ1) is 10.7. The number of thioether (sulfide) groups is 1. The van der Waals surface area contributed by atoms with Gasteiger partial charge in [-0.05, 0) is 25.1 Å². The van der Waals surface area contributed by atoms with Crippen molar-refractivity contribution in [3.05, 3.63) is 23.2 Å². The highest BCUT2D eigenvalue weighted by Crippen LogP contribution is 2.26. The van der Waals surface area contributed by atoms with E-state index in [4.69, 9.17) is 22.1 Å². The van der Waals surface area contributed by atoms with E-state index in [-0.39, 0.29) is 0 Å². The van der Waals surface area contributed by atoms with E-state index < -0.39 is 0 Å². The van der Waals surface area contributed by atoms with Gasteiger partial charge in [0.05, 0.1) is 16.6 Å². The lowest BCUT2D eigenvalue weighted by molar-refractivity contribution is 0.199. The van der Waals surface area contributed by atoms with Crippen LogP contribution in [-0.2, 0) is 4.74 Å². The first-order valence-corrected chi connectivity index (χ1v) is 5.36. The van der Waals surface area contributed by atoms with Crippen molar-refractivity contribution >= 4 is 29.1 Å². The van der Waals surface area contributed by atoms with Crippen LogP contribution in [0.3, 0.4) is 0 Å². The smallest absolute Gasteiger partial charge is 0.0966 e. The Morgan fingerprint density at radius 3 is 2.92 bits per heavy atom. The fourth-order valence-electron chi connectivity index (χ4n) is 0.791. The van der Waals surface area contributed by atoms with Gasteiger partial charge in [0.25, 0.3) is 0 Å². The Morgan fingerprint density at radius 1 is 1.54 bits per heavy atom. The molecule has 0 spiro atoms. The summed E-state index contributed by atoms with van der Waals surface area (Å²) < 4.78 is 5.20. The van der Waals surface area contributed by atoms with Crippen LogP contribution in [0.5, 0.6) is 0 Å². The second kappa shape index (κ2) is 5.37.